The highest BCUT2D eigenvalue weighted by atomic mass is 32.2. The van der Waals surface area contributed by atoms with Gasteiger partial charge in [0.15, 0.2) is 0 Å². The molecule has 2 heterocycles. The lowest BCUT2D eigenvalue weighted by atomic mass is 10.2. The van der Waals surface area contributed by atoms with Gasteiger partial charge in [0, 0.05) is 45.8 Å². The first-order chi connectivity index (χ1) is 14.8. The Morgan fingerprint density at radius 3 is 2.55 bits per heavy atom. The summed E-state index contributed by atoms with van der Waals surface area (Å²) in [7, 11) is -1.82. The summed E-state index contributed by atoms with van der Waals surface area (Å²) in [5.41, 5.74) is 2.29. The van der Waals surface area contributed by atoms with Crippen LogP contribution in [0.1, 0.15) is 25.8 Å². The second-order valence-corrected chi connectivity index (χ2v) is 9.38. The number of aryl methyl sites for hydroxylation is 2. The molecule has 10 heteroatoms. The van der Waals surface area contributed by atoms with Gasteiger partial charge in [-0.1, -0.05) is 0 Å². The largest absolute Gasteiger partial charge is 0.379 e. The van der Waals surface area contributed by atoms with Crippen LogP contribution in [0, 0.1) is 0 Å². The van der Waals surface area contributed by atoms with Crippen molar-refractivity contribution >= 4 is 27.3 Å². The van der Waals surface area contributed by atoms with E-state index in [1.807, 2.05) is 27.1 Å². The molecule has 1 aromatic heterocycles. The molecule has 31 heavy (non-hydrogen) atoms. The number of aromatic nitrogens is 2. The van der Waals surface area contributed by atoms with Crippen LogP contribution in [0.5, 0.6) is 0 Å². The number of carbonyl (C=O) groups excluding carboxylic acids is 1. The molecule has 3 rings (SSSR count). The van der Waals surface area contributed by atoms with Gasteiger partial charge in [0.05, 0.1) is 35.7 Å². The van der Waals surface area contributed by atoms with E-state index in [0.29, 0.717) is 38.4 Å². The van der Waals surface area contributed by atoms with Crippen molar-refractivity contribution in [3.8, 4) is 0 Å². The van der Waals surface area contributed by atoms with Crippen LogP contribution in [0.4, 0.5) is 11.4 Å². The number of morpholine rings is 1. The molecule has 1 aromatic carbocycles. The number of carbonyl (C=O) groups is 1. The van der Waals surface area contributed by atoms with Crippen molar-refractivity contribution in [3.63, 3.8) is 0 Å². The zero-order chi connectivity index (χ0) is 22.4. The number of ether oxygens (including phenoxy) is 1. The highest BCUT2D eigenvalue weighted by molar-refractivity contribution is 7.89. The topological polar surface area (TPSA) is 96.8 Å². The second kappa shape index (κ2) is 10.3. The Morgan fingerprint density at radius 2 is 1.94 bits per heavy atom. The number of anilines is 2. The fraction of sp³-hybridized carbons (Fsp3) is 0.524. The van der Waals surface area contributed by atoms with E-state index >= 15 is 0 Å². The summed E-state index contributed by atoms with van der Waals surface area (Å²) in [5, 5.41) is 7.06. The van der Waals surface area contributed by atoms with Gasteiger partial charge in [-0.25, -0.2) is 8.42 Å². The molecule has 1 N–H and O–H groups in total. The molecule has 0 spiro atoms. The first-order valence-electron chi connectivity index (χ1n) is 10.6. The van der Waals surface area contributed by atoms with Gasteiger partial charge < -0.3 is 15.0 Å². The van der Waals surface area contributed by atoms with Gasteiger partial charge in [-0.3, -0.25) is 9.48 Å². The van der Waals surface area contributed by atoms with E-state index in [-0.39, 0.29) is 17.2 Å². The van der Waals surface area contributed by atoms with Crippen LogP contribution in [0.25, 0.3) is 0 Å². The monoisotopic (exact) mass is 449 g/mol. The summed E-state index contributed by atoms with van der Waals surface area (Å²) in [6.07, 6.45) is 4.46. The third-order valence-corrected chi connectivity index (χ3v) is 7.25. The molecule has 0 atom stereocenters. The smallest absolute Gasteiger partial charge is 0.243 e. The third-order valence-electron chi connectivity index (χ3n) is 5.35. The van der Waals surface area contributed by atoms with E-state index in [9.17, 15) is 13.2 Å². The van der Waals surface area contributed by atoms with Crippen LogP contribution in [0.2, 0.25) is 0 Å². The first-order valence-corrected chi connectivity index (χ1v) is 12.0. The number of hydrogen-bond donors (Lipinski definition) is 1. The van der Waals surface area contributed by atoms with Gasteiger partial charge >= 0.3 is 0 Å². The van der Waals surface area contributed by atoms with Crippen molar-refractivity contribution in [3.05, 3.63) is 36.2 Å². The van der Waals surface area contributed by atoms with Gasteiger partial charge in [0.25, 0.3) is 0 Å². The normalized spacial score (nSPS) is 15.1. The summed E-state index contributed by atoms with van der Waals surface area (Å²) >= 11 is 0. The Morgan fingerprint density at radius 1 is 1.23 bits per heavy atom. The van der Waals surface area contributed by atoms with Crippen molar-refractivity contribution < 1.29 is 17.9 Å². The number of nitrogens with one attached hydrogen (secondary N) is 1. The van der Waals surface area contributed by atoms with Crippen molar-refractivity contribution in [1.29, 1.82) is 0 Å². The minimum absolute atomic E-state index is 0.168. The number of benzene rings is 1. The van der Waals surface area contributed by atoms with Crippen molar-refractivity contribution in [1.82, 2.24) is 14.1 Å². The molecular weight excluding hydrogens is 418 g/mol. The molecule has 0 saturated carbocycles. The predicted octanol–water partition coefficient (Wildman–Crippen LogP) is 1.86. The molecule has 170 valence electrons. The van der Waals surface area contributed by atoms with Crippen LogP contribution in [0.3, 0.4) is 0 Å². The van der Waals surface area contributed by atoms with Crippen molar-refractivity contribution in [2.45, 2.75) is 31.6 Å². The van der Waals surface area contributed by atoms with Crippen LogP contribution in [-0.4, -0.2) is 67.8 Å². The SMILES string of the molecule is CCN(CC)c1ccc(S(=O)(=O)N2CCOCC2)cc1NC(=O)CCc1cnn(C)c1. The molecule has 0 radical (unpaired) electrons. The summed E-state index contributed by atoms with van der Waals surface area (Å²) in [4.78, 5) is 14.9. The van der Waals surface area contributed by atoms with Gasteiger partial charge in [-0.15, -0.1) is 0 Å². The molecule has 0 bridgehead atoms. The third kappa shape index (κ3) is 5.63. The molecule has 2 aromatic rings. The van der Waals surface area contributed by atoms with Gasteiger partial charge in [0.1, 0.15) is 0 Å². The minimum atomic E-state index is -3.66. The highest BCUT2D eigenvalue weighted by Crippen LogP contribution is 2.30. The molecule has 1 fully saturated rings. The molecule has 0 aliphatic carbocycles. The molecule has 1 amide bonds. The summed E-state index contributed by atoms with van der Waals surface area (Å²) in [6, 6.07) is 4.96. The van der Waals surface area contributed by atoms with E-state index in [1.165, 1.54) is 4.31 Å². The fourth-order valence-electron chi connectivity index (χ4n) is 3.62. The van der Waals surface area contributed by atoms with Crippen LogP contribution >= 0.6 is 0 Å². The Balaban J connectivity index is 1.84. The lowest BCUT2D eigenvalue weighted by molar-refractivity contribution is -0.116. The van der Waals surface area contributed by atoms with E-state index in [1.54, 1.807) is 29.1 Å². The quantitative estimate of drug-likeness (QED) is 0.628. The standard InChI is InChI=1S/C21H31N5O4S/c1-4-25(5-2)20-8-7-18(31(28,29)26-10-12-30-13-11-26)14-19(20)23-21(27)9-6-17-15-22-24(3)16-17/h7-8,14-16H,4-6,9-13H2,1-3H3,(H,23,27). The maximum atomic E-state index is 13.1. The Labute approximate surface area is 184 Å². The average molecular weight is 450 g/mol. The zero-order valence-electron chi connectivity index (χ0n) is 18.4. The van der Waals surface area contributed by atoms with Gasteiger partial charge in [-0.2, -0.15) is 9.40 Å². The number of amides is 1. The molecular formula is C21H31N5O4S. The molecule has 0 unspecified atom stereocenters. The number of rotatable bonds is 9. The lowest BCUT2D eigenvalue weighted by Crippen LogP contribution is -2.40. The van der Waals surface area contributed by atoms with Crippen LogP contribution in [-0.2, 0) is 33.0 Å². The number of hydrogen-bond acceptors (Lipinski definition) is 6. The van der Waals surface area contributed by atoms with E-state index in [2.05, 4.69) is 15.3 Å². The summed E-state index contributed by atoms with van der Waals surface area (Å²) < 4.78 is 34.6. The summed E-state index contributed by atoms with van der Waals surface area (Å²) in [6.45, 7) is 6.95. The van der Waals surface area contributed by atoms with Crippen LogP contribution in [0.15, 0.2) is 35.5 Å². The predicted molar refractivity (Wildman–Crippen MR) is 120 cm³/mol. The van der Waals surface area contributed by atoms with E-state index < -0.39 is 10.0 Å². The van der Waals surface area contributed by atoms with E-state index in [4.69, 9.17) is 4.74 Å². The Hall–Kier alpha value is -2.43. The Bertz CT molecular complexity index is 995. The average Bonchev–Trinajstić information content (AvgIpc) is 3.19. The first kappa shape index (κ1) is 23.2. The zero-order valence-corrected chi connectivity index (χ0v) is 19.2. The fourth-order valence-corrected chi connectivity index (χ4v) is 5.06. The number of nitrogens with zero attached hydrogens (tertiary/aromatic N) is 4. The lowest BCUT2D eigenvalue weighted by Gasteiger charge is -2.28. The molecule has 1 saturated heterocycles. The number of sulfonamides is 1. The molecule has 1 aliphatic heterocycles. The Kier molecular flexibility index (Phi) is 7.69. The molecule has 9 nitrogen and oxygen atoms in total. The van der Waals surface area contributed by atoms with E-state index in [0.717, 1.165) is 24.3 Å². The molecule has 1 aliphatic rings. The highest BCUT2D eigenvalue weighted by Gasteiger charge is 2.27. The van der Waals surface area contributed by atoms with Crippen molar-refractivity contribution in [2.24, 2.45) is 7.05 Å². The van der Waals surface area contributed by atoms with Gasteiger partial charge in [0.2, 0.25) is 15.9 Å². The maximum absolute atomic E-state index is 13.1. The second-order valence-electron chi connectivity index (χ2n) is 7.44. The summed E-state index contributed by atoms with van der Waals surface area (Å²) in [5.74, 6) is -0.168. The van der Waals surface area contributed by atoms with Gasteiger partial charge in [-0.05, 0) is 44.0 Å². The van der Waals surface area contributed by atoms with Crippen molar-refractivity contribution in [2.75, 3.05) is 49.6 Å². The minimum Gasteiger partial charge on any atom is -0.379 e. The maximum Gasteiger partial charge on any atom is 0.243 e. The van der Waals surface area contributed by atoms with Crippen LogP contribution < -0.4 is 10.2 Å².